The molecule has 1 aromatic carbocycles. The second-order valence-corrected chi connectivity index (χ2v) is 5.58. The maximum Gasteiger partial charge on any atom is 0.295 e. The molecule has 0 aliphatic rings. The standard InChI is InChI=1S/C14H18N6O/c1-14(2,3)11-12(21)20(15)13(19-17-11)18-16-9-10-7-5-4-6-8-10/h4-9H,15H2,1-3H3,(H,18,19)/b16-9+. The maximum atomic E-state index is 12.1. The molecule has 1 aromatic heterocycles. The van der Waals surface area contributed by atoms with Gasteiger partial charge in [0, 0.05) is 5.41 Å². The zero-order valence-corrected chi connectivity index (χ0v) is 12.2. The third-order valence-corrected chi connectivity index (χ3v) is 2.78. The fourth-order valence-electron chi connectivity index (χ4n) is 1.65. The third-order valence-electron chi connectivity index (χ3n) is 2.78. The zero-order chi connectivity index (χ0) is 15.5. The summed E-state index contributed by atoms with van der Waals surface area (Å²) in [5.41, 5.74) is 3.02. The summed E-state index contributed by atoms with van der Waals surface area (Å²) in [5, 5.41) is 11.8. The number of benzene rings is 1. The molecule has 0 saturated carbocycles. The van der Waals surface area contributed by atoms with Crippen LogP contribution < -0.4 is 16.8 Å². The van der Waals surface area contributed by atoms with E-state index in [0.29, 0.717) is 5.69 Å². The van der Waals surface area contributed by atoms with Crippen molar-refractivity contribution >= 4 is 12.2 Å². The molecule has 0 spiro atoms. The second kappa shape index (κ2) is 5.74. The summed E-state index contributed by atoms with van der Waals surface area (Å²) < 4.78 is 0.913. The molecule has 2 rings (SSSR count). The molecule has 7 heteroatoms. The smallest absolute Gasteiger partial charge is 0.295 e. The quantitative estimate of drug-likeness (QED) is 0.500. The monoisotopic (exact) mass is 286 g/mol. The number of nitrogens with zero attached hydrogens (tertiary/aromatic N) is 4. The van der Waals surface area contributed by atoms with Crippen molar-refractivity contribution in [3.63, 3.8) is 0 Å². The van der Waals surface area contributed by atoms with Crippen LogP contribution in [0.2, 0.25) is 0 Å². The van der Waals surface area contributed by atoms with Gasteiger partial charge < -0.3 is 5.84 Å². The first-order chi connectivity index (χ1) is 9.89. The van der Waals surface area contributed by atoms with Crippen molar-refractivity contribution in [1.29, 1.82) is 0 Å². The Kier molecular flexibility index (Phi) is 4.02. The minimum atomic E-state index is -0.420. The van der Waals surface area contributed by atoms with Crippen LogP contribution in [0.5, 0.6) is 0 Å². The molecule has 0 aliphatic carbocycles. The Bertz CT molecular complexity index is 700. The lowest BCUT2D eigenvalue weighted by Crippen LogP contribution is -2.38. The molecule has 0 saturated heterocycles. The molecule has 0 fully saturated rings. The Balaban J connectivity index is 2.21. The number of nitrogens with two attached hydrogens (primary N) is 1. The second-order valence-electron chi connectivity index (χ2n) is 5.58. The van der Waals surface area contributed by atoms with Gasteiger partial charge in [0.2, 0.25) is 0 Å². The van der Waals surface area contributed by atoms with Crippen molar-refractivity contribution in [2.45, 2.75) is 26.2 Å². The van der Waals surface area contributed by atoms with Crippen LogP contribution in [-0.2, 0) is 5.41 Å². The topological polar surface area (TPSA) is 98.2 Å². The van der Waals surface area contributed by atoms with Crippen LogP contribution in [0.15, 0.2) is 40.2 Å². The van der Waals surface area contributed by atoms with Crippen LogP contribution in [-0.4, -0.2) is 21.1 Å². The van der Waals surface area contributed by atoms with Crippen molar-refractivity contribution in [3.8, 4) is 0 Å². The van der Waals surface area contributed by atoms with Gasteiger partial charge in [0.05, 0.1) is 6.21 Å². The Morgan fingerprint density at radius 2 is 1.90 bits per heavy atom. The van der Waals surface area contributed by atoms with E-state index in [1.165, 1.54) is 0 Å². The summed E-state index contributed by atoms with van der Waals surface area (Å²) in [7, 11) is 0. The van der Waals surface area contributed by atoms with Crippen LogP contribution >= 0.6 is 0 Å². The van der Waals surface area contributed by atoms with E-state index in [4.69, 9.17) is 5.84 Å². The van der Waals surface area contributed by atoms with Gasteiger partial charge in [-0.25, -0.2) is 5.43 Å². The highest BCUT2D eigenvalue weighted by Gasteiger charge is 2.22. The fraction of sp³-hybridized carbons (Fsp3) is 0.286. The molecule has 110 valence electrons. The fourth-order valence-corrected chi connectivity index (χ4v) is 1.65. The van der Waals surface area contributed by atoms with Crippen molar-refractivity contribution < 1.29 is 0 Å². The van der Waals surface area contributed by atoms with E-state index in [1.807, 2.05) is 51.1 Å². The minimum absolute atomic E-state index is 0.0835. The highest BCUT2D eigenvalue weighted by atomic mass is 16.1. The van der Waals surface area contributed by atoms with Crippen molar-refractivity contribution in [1.82, 2.24) is 14.9 Å². The largest absolute Gasteiger partial charge is 0.333 e. The molecule has 3 N–H and O–H groups in total. The van der Waals surface area contributed by atoms with Crippen LogP contribution in [0, 0.1) is 0 Å². The molecule has 0 aliphatic heterocycles. The number of rotatable bonds is 3. The molecule has 7 nitrogen and oxygen atoms in total. The van der Waals surface area contributed by atoms with Gasteiger partial charge in [-0.1, -0.05) is 51.1 Å². The number of hydrogen-bond donors (Lipinski definition) is 2. The van der Waals surface area contributed by atoms with Gasteiger partial charge in [0.25, 0.3) is 11.5 Å². The summed E-state index contributed by atoms with van der Waals surface area (Å²) in [4.78, 5) is 12.1. The zero-order valence-electron chi connectivity index (χ0n) is 12.2. The summed E-state index contributed by atoms with van der Waals surface area (Å²) in [6.45, 7) is 5.62. The average molecular weight is 286 g/mol. The predicted molar refractivity (Wildman–Crippen MR) is 82.8 cm³/mol. The van der Waals surface area contributed by atoms with E-state index >= 15 is 0 Å². The van der Waals surface area contributed by atoms with Gasteiger partial charge in [0.15, 0.2) is 0 Å². The first-order valence-corrected chi connectivity index (χ1v) is 6.49. The lowest BCUT2D eigenvalue weighted by atomic mass is 9.93. The van der Waals surface area contributed by atoms with Crippen LogP contribution in [0.3, 0.4) is 0 Å². The van der Waals surface area contributed by atoms with E-state index in [-0.39, 0.29) is 5.95 Å². The average Bonchev–Trinajstić information content (AvgIpc) is 2.43. The van der Waals surface area contributed by atoms with Crippen LogP contribution in [0.4, 0.5) is 5.95 Å². The van der Waals surface area contributed by atoms with Gasteiger partial charge in [0.1, 0.15) is 5.69 Å². The molecule has 0 amide bonds. The molecular weight excluding hydrogens is 268 g/mol. The molecule has 0 bridgehead atoms. The SMILES string of the molecule is CC(C)(C)c1nnc(N/N=C/c2ccccc2)n(N)c1=O. The molecule has 0 unspecified atom stereocenters. The molecule has 0 atom stereocenters. The lowest BCUT2D eigenvalue weighted by Gasteiger charge is -2.16. The molecule has 21 heavy (non-hydrogen) atoms. The van der Waals surface area contributed by atoms with Gasteiger partial charge in [-0.2, -0.15) is 9.78 Å². The van der Waals surface area contributed by atoms with Crippen molar-refractivity contribution in [3.05, 3.63) is 51.9 Å². The van der Waals surface area contributed by atoms with Gasteiger partial charge in [-0.05, 0) is 5.56 Å². The molecule has 1 heterocycles. The van der Waals surface area contributed by atoms with Gasteiger partial charge in [-0.3, -0.25) is 4.79 Å². The Morgan fingerprint density at radius 1 is 1.24 bits per heavy atom. The van der Waals surface area contributed by atoms with E-state index < -0.39 is 11.0 Å². The minimum Gasteiger partial charge on any atom is -0.333 e. The summed E-state index contributed by atoms with van der Waals surface area (Å²) >= 11 is 0. The highest BCUT2D eigenvalue weighted by molar-refractivity contribution is 5.79. The van der Waals surface area contributed by atoms with Gasteiger partial charge >= 0.3 is 0 Å². The number of nitrogens with one attached hydrogen (secondary N) is 1. The number of anilines is 1. The maximum absolute atomic E-state index is 12.1. The van der Waals surface area contributed by atoms with Gasteiger partial charge in [-0.15, -0.1) is 10.2 Å². The van der Waals surface area contributed by atoms with E-state index in [0.717, 1.165) is 10.2 Å². The third kappa shape index (κ3) is 3.44. The molecule has 2 aromatic rings. The van der Waals surface area contributed by atoms with Crippen molar-refractivity contribution in [2.75, 3.05) is 11.3 Å². The summed E-state index contributed by atoms with van der Waals surface area (Å²) in [6, 6.07) is 9.51. The summed E-state index contributed by atoms with van der Waals surface area (Å²) in [5.74, 6) is 5.81. The van der Waals surface area contributed by atoms with E-state index in [1.54, 1.807) is 6.21 Å². The van der Waals surface area contributed by atoms with Crippen LogP contribution in [0.25, 0.3) is 0 Å². The number of hydrogen-bond acceptors (Lipinski definition) is 6. The number of aromatic nitrogens is 3. The Hall–Kier alpha value is -2.70. The first kappa shape index (κ1) is 14.7. The number of nitrogen functional groups attached to an aromatic ring is 1. The lowest BCUT2D eigenvalue weighted by molar-refractivity contribution is 0.538. The predicted octanol–water partition coefficient (Wildman–Crippen LogP) is 1.10. The van der Waals surface area contributed by atoms with E-state index in [2.05, 4.69) is 20.7 Å². The molecular formula is C14H18N6O. The Morgan fingerprint density at radius 3 is 2.52 bits per heavy atom. The summed E-state index contributed by atoms with van der Waals surface area (Å²) in [6.07, 6.45) is 1.60. The first-order valence-electron chi connectivity index (χ1n) is 6.49. The normalized spacial score (nSPS) is 11.8. The molecule has 0 radical (unpaired) electrons. The highest BCUT2D eigenvalue weighted by Crippen LogP contribution is 2.15. The number of hydrazone groups is 1. The van der Waals surface area contributed by atoms with Crippen LogP contribution in [0.1, 0.15) is 32.0 Å². The Labute approximate surface area is 122 Å². The van der Waals surface area contributed by atoms with E-state index in [9.17, 15) is 4.79 Å². The van der Waals surface area contributed by atoms with Crippen molar-refractivity contribution in [2.24, 2.45) is 5.10 Å².